The number of anilines is 1. The first-order valence-corrected chi connectivity index (χ1v) is 5.62. The molecule has 0 aromatic heterocycles. The maximum atomic E-state index is 12.8. The normalized spacial score (nSPS) is 9.67. The van der Waals surface area contributed by atoms with Crippen molar-refractivity contribution in [3.63, 3.8) is 0 Å². The Morgan fingerprint density at radius 3 is 3.07 bits per heavy atom. The van der Waals surface area contributed by atoms with Crippen LogP contribution in [0.15, 0.2) is 36.9 Å². The zero-order valence-corrected chi connectivity index (χ0v) is 9.02. The summed E-state index contributed by atoms with van der Waals surface area (Å²) in [5, 5.41) is 2.61. The number of nitrogens with one attached hydrogen (secondary N) is 1. The largest absolute Gasteiger partial charge is 0.325 e. The van der Waals surface area contributed by atoms with Crippen LogP contribution in [0.4, 0.5) is 10.1 Å². The molecule has 0 unspecified atom stereocenters. The third kappa shape index (κ3) is 4.65. The molecule has 1 rings (SSSR count). The summed E-state index contributed by atoms with van der Waals surface area (Å²) in [6, 6.07) is 5.83. The van der Waals surface area contributed by atoms with E-state index < -0.39 is 0 Å². The zero-order chi connectivity index (χ0) is 11.1. The van der Waals surface area contributed by atoms with Crippen LogP contribution in [0, 0.1) is 5.82 Å². The van der Waals surface area contributed by atoms with E-state index in [1.54, 1.807) is 18.2 Å². The van der Waals surface area contributed by atoms with E-state index in [0.29, 0.717) is 11.4 Å². The predicted octanol–water partition coefficient (Wildman–Crippen LogP) is 2.68. The van der Waals surface area contributed by atoms with E-state index in [4.69, 9.17) is 0 Å². The molecule has 0 radical (unpaired) electrons. The number of hydrogen-bond acceptors (Lipinski definition) is 2. The summed E-state index contributed by atoms with van der Waals surface area (Å²) in [6.07, 6.45) is 1.74. The molecular formula is C11H12FNOS. The fraction of sp³-hybridized carbons (Fsp3) is 0.182. The molecule has 0 saturated heterocycles. The summed E-state index contributed by atoms with van der Waals surface area (Å²) >= 11 is 1.46. The van der Waals surface area contributed by atoms with Crippen molar-refractivity contribution < 1.29 is 9.18 Å². The van der Waals surface area contributed by atoms with E-state index in [0.717, 1.165) is 5.75 Å². The van der Waals surface area contributed by atoms with Gasteiger partial charge in [0, 0.05) is 11.4 Å². The Bertz CT molecular complexity index is 354. The number of rotatable bonds is 5. The number of amides is 1. The van der Waals surface area contributed by atoms with Crippen LogP contribution in [0.25, 0.3) is 0 Å². The van der Waals surface area contributed by atoms with Gasteiger partial charge >= 0.3 is 0 Å². The molecule has 80 valence electrons. The van der Waals surface area contributed by atoms with Crippen molar-refractivity contribution in [3.05, 3.63) is 42.7 Å². The maximum Gasteiger partial charge on any atom is 0.234 e. The Balaban J connectivity index is 2.40. The highest BCUT2D eigenvalue weighted by Crippen LogP contribution is 2.10. The number of carbonyl (C=O) groups excluding carboxylic acids is 1. The minimum Gasteiger partial charge on any atom is -0.325 e. The third-order valence-electron chi connectivity index (χ3n) is 1.58. The van der Waals surface area contributed by atoms with Crippen molar-refractivity contribution in [2.24, 2.45) is 0 Å². The Hall–Kier alpha value is -1.29. The highest BCUT2D eigenvalue weighted by Gasteiger charge is 2.02. The van der Waals surface area contributed by atoms with E-state index in [-0.39, 0.29) is 11.7 Å². The number of thioether (sulfide) groups is 1. The summed E-state index contributed by atoms with van der Waals surface area (Å²) in [5.74, 6) is 0.595. The lowest BCUT2D eigenvalue weighted by Gasteiger charge is -2.03. The SMILES string of the molecule is C=CCSCC(=O)Nc1cccc(F)c1. The molecule has 0 spiro atoms. The van der Waals surface area contributed by atoms with Crippen LogP contribution in [0.5, 0.6) is 0 Å². The highest BCUT2D eigenvalue weighted by molar-refractivity contribution is 8.00. The van der Waals surface area contributed by atoms with E-state index in [9.17, 15) is 9.18 Å². The van der Waals surface area contributed by atoms with Gasteiger partial charge in [-0.15, -0.1) is 18.3 Å². The summed E-state index contributed by atoms with van der Waals surface area (Å²) < 4.78 is 12.8. The molecule has 0 aliphatic heterocycles. The smallest absolute Gasteiger partial charge is 0.234 e. The third-order valence-corrected chi connectivity index (χ3v) is 2.51. The van der Waals surface area contributed by atoms with Gasteiger partial charge < -0.3 is 5.32 Å². The quantitative estimate of drug-likeness (QED) is 0.616. The molecular weight excluding hydrogens is 213 g/mol. The van der Waals surface area contributed by atoms with Crippen molar-refractivity contribution in [2.75, 3.05) is 16.8 Å². The lowest BCUT2D eigenvalue weighted by molar-refractivity contribution is -0.113. The molecule has 1 aromatic rings. The van der Waals surface area contributed by atoms with Crippen LogP contribution >= 0.6 is 11.8 Å². The van der Waals surface area contributed by atoms with Crippen LogP contribution in [-0.4, -0.2) is 17.4 Å². The van der Waals surface area contributed by atoms with Crippen LogP contribution in [0.3, 0.4) is 0 Å². The molecule has 1 aromatic carbocycles. The Morgan fingerprint density at radius 1 is 1.60 bits per heavy atom. The number of carbonyl (C=O) groups is 1. The molecule has 0 aliphatic rings. The average molecular weight is 225 g/mol. The van der Waals surface area contributed by atoms with Gasteiger partial charge in [0.15, 0.2) is 0 Å². The topological polar surface area (TPSA) is 29.1 Å². The number of hydrogen-bond donors (Lipinski definition) is 1. The molecule has 2 nitrogen and oxygen atoms in total. The minimum atomic E-state index is -0.355. The average Bonchev–Trinajstić information content (AvgIpc) is 2.18. The molecule has 0 bridgehead atoms. The van der Waals surface area contributed by atoms with Crippen molar-refractivity contribution in [1.29, 1.82) is 0 Å². The van der Waals surface area contributed by atoms with Gasteiger partial charge in [-0.1, -0.05) is 12.1 Å². The summed E-state index contributed by atoms with van der Waals surface area (Å²) in [7, 11) is 0. The van der Waals surface area contributed by atoms with Crippen molar-refractivity contribution in [1.82, 2.24) is 0 Å². The van der Waals surface area contributed by atoms with Crippen molar-refractivity contribution in [2.45, 2.75) is 0 Å². The fourth-order valence-corrected chi connectivity index (χ4v) is 1.54. The number of benzene rings is 1. The van der Waals surface area contributed by atoms with Crippen LogP contribution < -0.4 is 5.32 Å². The lowest BCUT2D eigenvalue weighted by atomic mass is 10.3. The molecule has 1 N–H and O–H groups in total. The molecule has 4 heteroatoms. The van der Waals surface area contributed by atoms with Gasteiger partial charge in [-0.05, 0) is 18.2 Å². The Kier molecular flexibility index (Phi) is 4.90. The van der Waals surface area contributed by atoms with Crippen LogP contribution in [-0.2, 0) is 4.79 Å². The lowest BCUT2D eigenvalue weighted by Crippen LogP contribution is -2.14. The second kappa shape index (κ2) is 6.24. The molecule has 0 fully saturated rings. The number of halogens is 1. The van der Waals surface area contributed by atoms with Gasteiger partial charge in [-0.25, -0.2) is 4.39 Å². The first-order valence-electron chi connectivity index (χ1n) is 4.46. The second-order valence-electron chi connectivity index (χ2n) is 2.86. The van der Waals surface area contributed by atoms with E-state index in [2.05, 4.69) is 11.9 Å². The zero-order valence-electron chi connectivity index (χ0n) is 8.20. The van der Waals surface area contributed by atoms with Crippen molar-refractivity contribution in [3.8, 4) is 0 Å². The minimum absolute atomic E-state index is 0.132. The Labute approximate surface area is 92.6 Å². The molecule has 1 amide bonds. The Morgan fingerprint density at radius 2 is 2.40 bits per heavy atom. The summed E-state index contributed by atoms with van der Waals surface area (Å²) in [4.78, 5) is 11.3. The first kappa shape index (κ1) is 11.8. The van der Waals surface area contributed by atoms with Crippen molar-refractivity contribution >= 4 is 23.4 Å². The molecule has 15 heavy (non-hydrogen) atoms. The summed E-state index contributed by atoms with van der Waals surface area (Å²) in [6.45, 7) is 3.55. The van der Waals surface area contributed by atoms with Gasteiger partial charge in [0.05, 0.1) is 5.75 Å². The monoisotopic (exact) mass is 225 g/mol. The second-order valence-corrected chi connectivity index (χ2v) is 3.89. The van der Waals surface area contributed by atoms with Gasteiger partial charge in [-0.3, -0.25) is 4.79 Å². The fourth-order valence-electron chi connectivity index (χ4n) is 0.998. The molecule has 0 saturated carbocycles. The van der Waals surface area contributed by atoms with Gasteiger partial charge in [-0.2, -0.15) is 0 Å². The van der Waals surface area contributed by atoms with E-state index in [1.807, 2.05) is 0 Å². The van der Waals surface area contributed by atoms with Crippen LogP contribution in [0.2, 0.25) is 0 Å². The van der Waals surface area contributed by atoms with E-state index in [1.165, 1.54) is 23.9 Å². The van der Waals surface area contributed by atoms with Gasteiger partial charge in [0.2, 0.25) is 5.91 Å². The van der Waals surface area contributed by atoms with Crippen LogP contribution in [0.1, 0.15) is 0 Å². The van der Waals surface area contributed by atoms with Gasteiger partial charge in [0.25, 0.3) is 0 Å². The van der Waals surface area contributed by atoms with Gasteiger partial charge in [0.1, 0.15) is 5.82 Å². The molecule has 0 aliphatic carbocycles. The summed E-state index contributed by atoms with van der Waals surface area (Å²) in [5.41, 5.74) is 0.485. The predicted molar refractivity (Wildman–Crippen MR) is 62.6 cm³/mol. The maximum absolute atomic E-state index is 12.8. The van der Waals surface area contributed by atoms with E-state index >= 15 is 0 Å². The highest BCUT2D eigenvalue weighted by atomic mass is 32.2. The molecule has 0 heterocycles. The molecule has 0 atom stereocenters. The first-order chi connectivity index (χ1) is 7.22. The standard InChI is InChI=1S/C11H12FNOS/c1-2-6-15-8-11(14)13-10-5-3-4-9(12)7-10/h2-5,7H,1,6,8H2,(H,13,14).